The van der Waals surface area contributed by atoms with Crippen LogP contribution in [0.15, 0.2) is 47.1 Å². The van der Waals surface area contributed by atoms with E-state index in [1.807, 2.05) is 18.2 Å². The third kappa shape index (κ3) is 3.49. The minimum absolute atomic E-state index is 0.179. The maximum absolute atomic E-state index is 13.1. The van der Waals surface area contributed by atoms with E-state index in [1.165, 1.54) is 0 Å². The zero-order chi connectivity index (χ0) is 18.8. The topological polar surface area (TPSA) is 81.0 Å². The van der Waals surface area contributed by atoms with Crippen LogP contribution in [0.5, 0.6) is 11.5 Å². The summed E-state index contributed by atoms with van der Waals surface area (Å²) in [6.07, 6.45) is 1.78. The number of likely N-dealkylation sites (tertiary alicyclic amines) is 1. The molecule has 7 nitrogen and oxygen atoms in total. The van der Waals surface area contributed by atoms with Crippen molar-refractivity contribution in [1.82, 2.24) is 10.2 Å². The molecular weight excluding hydrogens is 348 g/mol. The zero-order valence-corrected chi connectivity index (χ0v) is 15.1. The minimum Gasteiger partial charge on any atom is -0.482 e. The molecule has 1 fully saturated rings. The van der Waals surface area contributed by atoms with Gasteiger partial charge in [-0.05, 0) is 44.0 Å². The summed E-state index contributed by atoms with van der Waals surface area (Å²) < 4.78 is 17.0. The van der Waals surface area contributed by atoms with E-state index < -0.39 is 18.2 Å². The molecule has 1 aromatic carbocycles. The highest BCUT2D eigenvalue weighted by atomic mass is 16.6. The van der Waals surface area contributed by atoms with Gasteiger partial charge in [-0.2, -0.15) is 0 Å². The molecule has 0 spiro atoms. The fourth-order valence-corrected chi connectivity index (χ4v) is 3.56. The normalized spacial score (nSPS) is 23.9. The number of hydrogen-bond donors (Lipinski definition) is 1. The summed E-state index contributed by atoms with van der Waals surface area (Å²) in [6, 6.07) is 10.3. The van der Waals surface area contributed by atoms with Crippen LogP contribution in [0.25, 0.3) is 0 Å². The molecule has 142 valence electrons. The molecule has 1 N–H and O–H groups in total. The lowest BCUT2D eigenvalue weighted by Crippen LogP contribution is -2.54. The second-order valence-corrected chi connectivity index (χ2v) is 6.79. The number of carbonyl (C=O) groups excluding carboxylic acids is 2. The van der Waals surface area contributed by atoms with Gasteiger partial charge in [-0.3, -0.25) is 9.59 Å². The van der Waals surface area contributed by atoms with Gasteiger partial charge in [-0.15, -0.1) is 0 Å². The molecule has 1 saturated heterocycles. The molecular formula is C20H22N2O5. The third-order valence-electron chi connectivity index (χ3n) is 4.94. The molecule has 1 aromatic heterocycles. The van der Waals surface area contributed by atoms with Crippen molar-refractivity contribution < 1.29 is 23.5 Å². The molecule has 0 radical (unpaired) electrons. The smallest absolute Gasteiger partial charge is 0.268 e. The first-order valence-corrected chi connectivity index (χ1v) is 9.16. The highest BCUT2D eigenvalue weighted by molar-refractivity contribution is 5.90. The van der Waals surface area contributed by atoms with Crippen LogP contribution in [0.1, 0.15) is 25.5 Å². The van der Waals surface area contributed by atoms with E-state index in [0.717, 1.165) is 6.42 Å². The van der Waals surface area contributed by atoms with Gasteiger partial charge in [0.15, 0.2) is 11.5 Å². The van der Waals surface area contributed by atoms with Crippen LogP contribution in [0.2, 0.25) is 0 Å². The molecule has 0 aliphatic carbocycles. The Morgan fingerprint density at radius 3 is 2.67 bits per heavy atom. The Morgan fingerprint density at radius 2 is 1.93 bits per heavy atom. The number of nitrogens with one attached hydrogen (secondary N) is 1. The second-order valence-electron chi connectivity index (χ2n) is 6.79. The lowest BCUT2D eigenvalue weighted by molar-refractivity contribution is -0.148. The van der Waals surface area contributed by atoms with Crippen molar-refractivity contribution in [1.29, 1.82) is 0 Å². The number of para-hydroxylation sites is 2. The lowest BCUT2D eigenvalue weighted by atomic mass is 10.1. The number of carbonyl (C=O) groups is 2. The largest absolute Gasteiger partial charge is 0.482 e. The van der Waals surface area contributed by atoms with E-state index in [1.54, 1.807) is 36.3 Å². The average molecular weight is 370 g/mol. The van der Waals surface area contributed by atoms with Crippen LogP contribution in [-0.2, 0) is 16.1 Å². The number of fused-ring (bicyclic) bond motifs is 1. The van der Waals surface area contributed by atoms with E-state index in [9.17, 15) is 9.59 Å². The third-order valence-corrected chi connectivity index (χ3v) is 4.94. The second kappa shape index (κ2) is 7.34. The maximum Gasteiger partial charge on any atom is 0.268 e. The maximum atomic E-state index is 13.1. The quantitative estimate of drug-likeness (QED) is 0.892. The molecule has 4 rings (SSSR count). The van der Waals surface area contributed by atoms with Crippen molar-refractivity contribution in [3.8, 4) is 11.5 Å². The summed E-state index contributed by atoms with van der Waals surface area (Å²) >= 11 is 0. The van der Waals surface area contributed by atoms with Crippen molar-refractivity contribution in [3.05, 3.63) is 48.4 Å². The van der Waals surface area contributed by atoms with Crippen LogP contribution in [0, 0.1) is 0 Å². The fourth-order valence-electron chi connectivity index (χ4n) is 3.56. The van der Waals surface area contributed by atoms with Crippen LogP contribution >= 0.6 is 0 Å². The molecule has 2 aromatic rings. The summed E-state index contributed by atoms with van der Waals surface area (Å²) in [5.74, 6) is 1.46. The molecule has 7 heteroatoms. The van der Waals surface area contributed by atoms with Gasteiger partial charge in [0.2, 0.25) is 12.0 Å². The Balaban J connectivity index is 1.43. The Hall–Kier alpha value is -2.96. The highest BCUT2D eigenvalue weighted by Gasteiger charge is 2.42. The Morgan fingerprint density at radius 1 is 1.15 bits per heavy atom. The molecule has 2 aliphatic heterocycles. The predicted octanol–water partition coefficient (Wildman–Crippen LogP) is 2.12. The first-order valence-electron chi connectivity index (χ1n) is 9.16. The van der Waals surface area contributed by atoms with Crippen LogP contribution in [0.3, 0.4) is 0 Å². The SMILES string of the molecule is CC1Oc2ccccc2OC1C(=O)N1CCCC1C(=O)NCc1ccco1. The molecule has 0 bridgehead atoms. The molecule has 0 saturated carbocycles. The molecule has 3 heterocycles. The summed E-state index contributed by atoms with van der Waals surface area (Å²) in [5.41, 5.74) is 0. The fraction of sp³-hybridized carbons (Fsp3) is 0.400. The highest BCUT2D eigenvalue weighted by Crippen LogP contribution is 2.34. The van der Waals surface area contributed by atoms with E-state index >= 15 is 0 Å². The van der Waals surface area contributed by atoms with Crippen molar-refractivity contribution in [2.24, 2.45) is 0 Å². The Labute approximate surface area is 157 Å². The molecule has 2 aliphatic rings. The number of benzene rings is 1. The van der Waals surface area contributed by atoms with E-state index in [-0.39, 0.29) is 11.8 Å². The van der Waals surface area contributed by atoms with Gasteiger partial charge >= 0.3 is 0 Å². The average Bonchev–Trinajstić information content (AvgIpc) is 3.36. The molecule has 27 heavy (non-hydrogen) atoms. The van der Waals surface area contributed by atoms with Crippen LogP contribution in [0.4, 0.5) is 0 Å². The zero-order valence-electron chi connectivity index (χ0n) is 15.1. The molecule has 3 atom stereocenters. The van der Waals surface area contributed by atoms with Gasteiger partial charge in [-0.1, -0.05) is 12.1 Å². The first-order chi connectivity index (χ1) is 13.1. The van der Waals surface area contributed by atoms with Gasteiger partial charge in [0, 0.05) is 6.54 Å². The number of nitrogens with zero attached hydrogens (tertiary/aromatic N) is 1. The van der Waals surface area contributed by atoms with Crippen molar-refractivity contribution in [2.45, 2.75) is 44.6 Å². The first kappa shape index (κ1) is 17.5. The number of furan rings is 1. The number of hydrogen-bond acceptors (Lipinski definition) is 5. The number of amides is 2. The van der Waals surface area contributed by atoms with Crippen LogP contribution < -0.4 is 14.8 Å². The van der Waals surface area contributed by atoms with Crippen molar-refractivity contribution in [2.75, 3.05) is 6.54 Å². The number of ether oxygens (including phenoxy) is 2. The van der Waals surface area contributed by atoms with Crippen molar-refractivity contribution >= 4 is 11.8 Å². The van der Waals surface area contributed by atoms with Gasteiger partial charge in [0.1, 0.15) is 17.9 Å². The summed E-state index contributed by atoms with van der Waals surface area (Å²) in [7, 11) is 0. The lowest BCUT2D eigenvalue weighted by Gasteiger charge is -2.34. The summed E-state index contributed by atoms with van der Waals surface area (Å²) in [6.45, 7) is 2.64. The van der Waals surface area contributed by atoms with Gasteiger partial charge in [0.05, 0.1) is 12.8 Å². The van der Waals surface area contributed by atoms with Crippen molar-refractivity contribution in [3.63, 3.8) is 0 Å². The van der Waals surface area contributed by atoms with Crippen LogP contribution in [-0.4, -0.2) is 41.5 Å². The monoisotopic (exact) mass is 370 g/mol. The molecule has 3 unspecified atom stereocenters. The minimum atomic E-state index is -0.765. The predicted molar refractivity (Wildman–Crippen MR) is 96.2 cm³/mol. The summed E-state index contributed by atoms with van der Waals surface area (Å²) in [4.78, 5) is 27.3. The van der Waals surface area contributed by atoms with Gasteiger partial charge in [-0.25, -0.2) is 0 Å². The number of rotatable bonds is 4. The molecule has 2 amide bonds. The van der Waals surface area contributed by atoms with E-state index in [2.05, 4.69) is 5.32 Å². The Kier molecular flexibility index (Phi) is 4.75. The van der Waals surface area contributed by atoms with E-state index in [0.29, 0.717) is 36.8 Å². The van der Waals surface area contributed by atoms with Gasteiger partial charge < -0.3 is 24.1 Å². The Bertz CT molecular complexity index is 820. The standard InChI is InChI=1S/C20H22N2O5/c1-13-18(27-17-9-3-2-8-16(17)26-13)20(24)22-10-4-7-15(22)19(23)21-12-14-6-5-11-25-14/h2-3,5-6,8-9,11,13,15,18H,4,7,10,12H2,1H3,(H,21,23). The van der Waals surface area contributed by atoms with Gasteiger partial charge in [0.25, 0.3) is 5.91 Å². The summed E-state index contributed by atoms with van der Waals surface area (Å²) in [5, 5.41) is 2.84. The van der Waals surface area contributed by atoms with E-state index in [4.69, 9.17) is 13.9 Å².